The summed E-state index contributed by atoms with van der Waals surface area (Å²) >= 11 is 6.14. The summed E-state index contributed by atoms with van der Waals surface area (Å²) in [5, 5.41) is 8.74. The van der Waals surface area contributed by atoms with E-state index in [1.165, 1.54) is 16.7 Å². The van der Waals surface area contributed by atoms with Crippen molar-refractivity contribution in [3.63, 3.8) is 0 Å². The molecule has 0 aliphatic heterocycles. The van der Waals surface area contributed by atoms with Gasteiger partial charge in [-0.25, -0.2) is 14.1 Å². The summed E-state index contributed by atoms with van der Waals surface area (Å²) < 4.78 is 24.7. The van der Waals surface area contributed by atoms with Gasteiger partial charge in [-0.05, 0) is 37.3 Å². The number of methoxy groups -OCH3 is 1. The molecule has 0 aliphatic rings. The summed E-state index contributed by atoms with van der Waals surface area (Å²) in [6.07, 6.45) is 7.02. The van der Waals surface area contributed by atoms with Crippen LogP contribution >= 0.6 is 11.6 Å². The first kappa shape index (κ1) is 23.5. The molecular formula is C26H22ClFN6O2. The van der Waals surface area contributed by atoms with Gasteiger partial charge in [-0.15, -0.1) is 5.10 Å². The monoisotopic (exact) mass is 504 g/mol. The third-order valence-corrected chi connectivity index (χ3v) is 6.18. The van der Waals surface area contributed by atoms with Gasteiger partial charge in [0.1, 0.15) is 17.3 Å². The molecule has 36 heavy (non-hydrogen) atoms. The zero-order valence-corrected chi connectivity index (χ0v) is 20.4. The van der Waals surface area contributed by atoms with Gasteiger partial charge in [-0.2, -0.15) is 0 Å². The van der Waals surface area contributed by atoms with Gasteiger partial charge in [-0.1, -0.05) is 35.0 Å². The van der Waals surface area contributed by atoms with Crippen molar-refractivity contribution in [1.82, 2.24) is 29.1 Å². The lowest BCUT2D eigenvalue weighted by molar-refractivity contribution is 0.413. The van der Waals surface area contributed by atoms with E-state index < -0.39 is 5.82 Å². The number of hydrogen-bond acceptors (Lipinski definition) is 5. The van der Waals surface area contributed by atoms with Crippen molar-refractivity contribution in [2.24, 2.45) is 0 Å². The minimum absolute atomic E-state index is 0.0311. The molecule has 8 nitrogen and oxygen atoms in total. The Labute approximate surface area is 211 Å². The van der Waals surface area contributed by atoms with Gasteiger partial charge in [0.25, 0.3) is 5.56 Å². The second-order valence-electron chi connectivity index (χ2n) is 8.28. The first-order valence-electron chi connectivity index (χ1n) is 11.1. The molecule has 0 radical (unpaired) electrons. The van der Waals surface area contributed by atoms with E-state index in [2.05, 4.69) is 15.3 Å². The number of benzene rings is 2. The fraction of sp³-hybridized carbons (Fsp3) is 0.154. The Kier molecular flexibility index (Phi) is 6.39. The predicted molar refractivity (Wildman–Crippen MR) is 134 cm³/mol. The van der Waals surface area contributed by atoms with Crippen LogP contribution < -0.4 is 10.3 Å². The van der Waals surface area contributed by atoms with Gasteiger partial charge in [-0.3, -0.25) is 4.79 Å². The summed E-state index contributed by atoms with van der Waals surface area (Å²) in [5.74, 6) is 0.211. The molecule has 5 aromatic rings. The number of halogens is 2. The lowest BCUT2D eigenvalue weighted by Gasteiger charge is -2.10. The quantitative estimate of drug-likeness (QED) is 0.326. The summed E-state index contributed by atoms with van der Waals surface area (Å²) in [6, 6.07) is 13.7. The van der Waals surface area contributed by atoms with Crippen LogP contribution in [-0.4, -0.2) is 36.2 Å². The molecule has 0 spiro atoms. The van der Waals surface area contributed by atoms with Crippen LogP contribution in [0.2, 0.25) is 5.02 Å². The fourth-order valence-corrected chi connectivity index (χ4v) is 4.19. The highest BCUT2D eigenvalue weighted by molar-refractivity contribution is 6.31. The normalized spacial score (nSPS) is 11.1. The SMILES string of the molecule is COc1cc(-c2cn(Cc3cccn(Cc4c(F)cccc4Cl)c3=O)nn2)ccc1-n1cnc(C)c1. The van der Waals surface area contributed by atoms with Crippen molar-refractivity contribution in [3.8, 4) is 22.7 Å². The van der Waals surface area contributed by atoms with E-state index in [1.807, 2.05) is 35.9 Å². The Morgan fingerprint density at radius 1 is 1.08 bits per heavy atom. The van der Waals surface area contributed by atoms with E-state index in [-0.39, 0.29) is 29.2 Å². The molecule has 3 heterocycles. The van der Waals surface area contributed by atoms with Gasteiger partial charge in [0.05, 0.1) is 44.1 Å². The average molecular weight is 505 g/mol. The Morgan fingerprint density at radius 3 is 2.69 bits per heavy atom. The van der Waals surface area contributed by atoms with Crippen molar-refractivity contribution >= 4 is 11.6 Å². The smallest absolute Gasteiger partial charge is 0.255 e. The molecule has 0 atom stereocenters. The molecule has 10 heteroatoms. The number of imidazole rings is 1. The van der Waals surface area contributed by atoms with E-state index in [0.717, 1.165) is 16.9 Å². The highest BCUT2D eigenvalue weighted by atomic mass is 35.5. The maximum Gasteiger partial charge on any atom is 0.255 e. The average Bonchev–Trinajstić information content (AvgIpc) is 3.52. The third kappa shape index (κ3) is 4.65. The number of pyridine rings is 1. The zero-order chi connectivity index (χ0) is 25.2. The number of hydrogen-bond donors (Lipinski definition) is 0. The van der Waals surface area contributed by atoms with Crippen LogP contribution in [0.3, 0.4) is 0 Å². The molecule has 0 saturated heterocycles. The van der Waals surface area contributed by atoms with Crippen molar-refractivity contribution in [2.45, 2.75) is 20.0 Å². The minimum Gasteiger partial charge on any atom is -0.495 e. The van der Waals surface area contributed by atoms with E-state index in [1.54, 1.807) is 48.7 Å². The van der Waals surface area contributed by atoms with Gasteiger partial charge in [0.15, 0.2) is 0 Å². The van der Waals surface area contributed by atoms with Gasteiger partial charge in [0.2, 0.25) is 0 Å². The molecule has 182 valence electrons. The van der Waals surface area contributed by atoms with E-state index >= 15 is 0 Å². The van der Waals surface area contributed by atoms with Crippen LogP contribution in [-0.2, 0) is 13.1 Å². The van der Waals surface area contributed by atoms with Crippen molar-refractivity contribution in [1.29, 1.82) is 0 Å². The van der Waals surface area contributed by atoms with Crippen molar-refractivity contribution in [2.75, 3.05) is 7.11 Å². The summed E-state index contributed by atoms with van der Waals surface area (Å²) in [4.78, 5) is 17.3. The topological polar surface area (TPSA) is 79.8 Å². The van der Waals surface area contributed by atoms with Gasteiger partial charge < -0.3 is 13.9 Å². The predicted octanol–water partition coefficient (Wildman–Crippen LogP) is 4.50. The molecule has 0 amide bonds. The first-order chi connectivity index (χ1) is 17.4. The minimum atomic E-state index is -0.453. The molecule has 0 saturated carbocycles. The van der Waals surface area contributed by atoms with Gasteiger partial charge in [0, 0.05) is 34.1 Å². The van der Waals surface area contributed by atoms with Crippen LogP contribution in [0.25, 0.3) is 16.9 Å². The van der Waals surface area contributed by atoms with E-state index in [0.29, 0.717) is 17.0 Å². The molecule has 2 aromatic carbocycles. The Bertz CT molecular complexity index is 1590. The Morgan fingerprint density at radius 2 is 1.94 bits per heavy atom. The maximum absolute atomic E-state index is 14.2. The number of aromatic nitrogens is 6. The molecule has 0 bridgehead atoms. The lowest BCUT2D eigenvalue weighted by Crippen LogP contribution is -2.25. The van der Waals surface area contributed by atoms with Crippen molar-refractivity contribution < 1.29 is 9.13 Å². The molecule has 0 aliphatic carbocycles. The van der Waals surface area contributed by atoms with Crippen LogP contribution in [0, 0.1) is 12.7 Å². The number of nitrogens with zero attached hydrogens (tertiary/aromatic N) is 6. The number of aryl methyl sites for hydroxylation is 1. The van der Waals surface area contributed by atoms with E-state index in [9.17, 15) is 9.18 Å². The van der Waals surface area contributed by atoms with Gasteiger partial charge >= 0.3 is 0 Å². The summed E-state index contributed by atoms with van der Waals surface area (Å²) in [6.45, 7) is 2.16. The van der Waals surface area contributed by atoms with Crippen molar-refractivity contribution in [3.05, 3.63) is 111 Å². The molecule has 0 N–H and O–H groups in total. The number of ether oxygens (including phenoxy) is 1. The highest BCUT2D eigenvalue weighted by Gasteiger charge is 2.13. The highest BCUT2D eigenvalue weighted by Crippen LogP contribution is 2.29. The van der Waals surface area contributed by atoms with E-state index in [4.69, 9.17) is 16.3 Å². The third-order valence-electron chi connectivity index (χ3n) is 5.83. The lowest BCUT2D eigenvalue weighted by atomic mass is 10.1. The second kappa shape index (κ2) is 9.79. The largest absolute Gasteiger partial charge is 0.495 e. The Hall–Kier alpha value is -4.24. The molecule has 5 rings (SSSR count). The zero-order valence-electron chi connectivity index (χ0n) is 19.6. The maximum atomic E-state index is 14.2. The summed E-state index contributed by atoms with van der Waals surface area (Å²) in [7, 11) is 1.61. The van der Waals surface area contributed by atoms with Crippen LogP contribution in [0.1, 0.15) is 16.8 Å². The fourth-order valence-electron chi connectivity index (χ4n) is 3.97. The number of rotatable bonds is 7. The van der Waals surface area contributed by atoms with Crippen LogP contribution in [0.15, 0.2) is 78.2 Å². The second-order valence-corrected chi connectivity index (χ2v) is 8.68. The first-order valence-corrected chi connectivity index (χ1v) is 11.5. The molecule has 0 fully saturated rings. The summed E-state index contributed by atoms with van der Waals surface area (Å²) in [5.41, 5.74) is 3.72. The molecule has 3 aromatic heterocycles. The van der Waals surface area contributed by atoms with Crippen LogP contribution in [0.5, 0.6) is 5.75 Å². The molecular weight excluding hydrogens is 483 g/mol. The standard InChI is InChI=1S/C26H22ClFN6O2/c1-17-12-33(16-29-17)24-9-8-18(11-25(24)36-2)23-15-34(31-30-23)13-19-5-4-10-32(26(19)35)14-20-21(27)6-3-7-22(20)28/h3-12,15-16H,13-14H2,1-2H3. The van der Waals surface area contributed by atoms with Crippen LogP contribution in [0.4, 0.5) is 4.39 Å². The molecule has 0 unspecified atom stereocenters. The Balaban J connectivity index is 1.39.